The number of rotatable bonds is 8. The molecule has 0 unspecified atom stereocenters. The van der Waals surface area contributed by atoms with E-state index in [0.29, 0.717) is 6.04 Å². The van der Waals surface area contributed by atoms with Crippen molar-refractivity contribution in [3.63, 3.8) is 0 Å². The first kappa shape index (κ1) is 23.1. The van der Waals surface area contributed by atoms with E-state index in [1.54, 1.807) is 0 Å². The number of thiocarbonyl (C=S) groups is 1. The van der Waals surface area contributed by atoms with Crippen LogP contribution in [0.15, 0.2) is 42.5 Å². The molecule has 4 heteroatoms. The standard InChI is InChI=1S/C28H39N3S/c1-3-5-18-30-19-10-12-24-20-22(16-17-27(24)30)21-31(25-13-7-8-14-25)28(32)29-26-15-9-6-11-23(26)4-2/h6,9,11,15-17,20,25H,3-5,7-8,10,12-14,18-19,21H2,1-2H3,(H,29,32). The van der Waals surface area contributed by atoms with Crippen LogP contribution in [0.1, 0.15) is 75.5 Å². The Morgan fingerprint density at radius 1 is 1.09 bits per heavy atom. The summed E-state index contributed by atoms with van der Waals surface area (Å²) in [5.74, 6) is 0. The quantitative estimate of drug-likeness (QED) is 0.440. The van der Waals surface area contributed by atoms with Crippen LogP contribution < -0.4 is 10.2 Å². The molecular formula is C28H39N3S. The molecule has 0 amide bonds. The van der Waals surface area contributed by atoms with Gasteiger partial charge in [0.2, 0.25) is 0 Å². The summed E-state index contributed by atoms with van der Waals surface area (Å²) in [5.41, 5.74) is 6.84. The van der Waals surface area contributed by atoms with E-state index in [1.807, 2.05) is 0 Å². The summed E-state index contributed by atoms with van der Waals surface area (Å²) < 4.78 is 0. The lowest BCUT2D eigenvalue weighted by Gasteiger charge is -2.34. The van der Waals surface area contributed by atoms with E-state index < -0.39 is 0 Å². The normalized spacial score (nSPS) is 16.1. The molecule has 3 nitrogen and oxygen atoms in total. The second kappa shape index (κ2) is 11.2. The van der Waals surface area contributed by atoms with E-state index in [4.69, 9.17) is 12.2 Å². The minimum Gasteiger partial charge on any atom is -0.371 e. The lowest BCUT2D eigenvalue weighted by molar-refractivity contribution is 0.312. The van der Waals surface area contributed by atoms with Crippen LogP contribution in [0, 0.1) is 0 Å². The van der Waals surface area contributed by atoms with E-state index in [9.17, 15) is 0 Å². The number of nitrogens with zero attached hydrogens (tertiary/aromatic N) is 2. The molecule has 0 atom stereocenters. The van der Waals surface area contributed by atoms with Gasteiger partial charge in [0, 0.05) is 37.1 Å². The topological polar surface area (TPSA) is 18.5 Å². The van der Waals surface area contributed by atoms with E-state index in [1.165, 1.54) is 86.8 Å². The van der Waals surface area contributed by atoms with Gasteiger partial charge in [0.05, 0.1) is 0 Å². The van der Waals surface area contributed by atoms with E-state index in [0.717, 1.165) is 23.8 Å². The van der Waals surface area contributed by atoms with E-state index in [-0.39, 0.29) is 0 Å². The highest BCUT2D eigenvalue weighted by molar-refractivity contribution is 7.80. The van der Waals surface area contributed by atoms with Crippen LogP contribution in [0.4, 0.5) is 11.4 Å². The smallest absolute Gasteiger partial charge is 0.173 e. The van der Waals surface area contributed by atoms with Crippen LogP contribution in [-0.4, -0.2) is 29.1 Å². The number of unbranched alkanes of at least 4 members (excludes halogenated alkanes) is 1. The number of anilines is 2. The molecule has 1 heterocycles. The summed E-state index contributed by atoms with van der Waals surface area (Å²) in [4.78, 5) is 5.06. The Morgan fingerprint density at radius 2 is 1.91 bits per heavy atom. The Morgan fingerprint density at radius 3 is 2.69 bits per heavy atom. The number of nitrogens with one attached hydrogen (secondary N) is 1. The molecule has 2 aromatic rings. The van der Waals surface area contributed by atoms with Gasteiger partial charge in [-0.3, -0.25) is 0 Å². The molecule has 0 aromatic heterocycles. The number of hydrogen-bond acceptors (Lipinski definition) is 2. The zero-order valence-corrected chi connectivity index (χ0v) is 20.7. The maximum atomic E-state index is 5.99. The molecule has 1 aliphatic heterocycles. The maximum absolute atomic E-state index is 5.99. The minimum absolute atomic E-state index is 0.542. The predicted molar refractivity (Wildman–Crippen MR) is 142 cm³/mol. The number of aryl methyl sites for hydroxylation is 2. The van der Waals surface area contributed by atoms with Gasteiger partial charge in [-0.05, 0) is 79.6 Å². The van der Waals surface area contributed by atoms with E-state index >= 15 is 0 Å². The van der Waals surface area contributed by atoms with Crippen molar-refractivity contribution in [2.24, 2.45) is 0 Å². The molecule has 4 rings (SSSR count). The number of fused-ring (bicyclic) bond motifs is 1. The Hall–Kier alpha value is -2.07. The number of benzene rings is 2. The Kier molecular flexibility index (Phi) is 8.07. The zero-order valence-electron chi connectivity index (χ0n) is 19.9. The third-order valence-corrected chi connectivity index (χ3v) is 7.50. The Balaban J connectivity index is 1.52. The average Bonchev–Trinajstić information content (AvgIpc) is 3.36. The van der Waals surface area contributed by atoms with Crippen molar-refractivity contribution in [2.45, 2.75) is 84.2 Å². The molecule has 2 aliphatic rings. The van der Waals surface area contributed by atoms with Crippen LogP contribution in [-0.2, 0) is 19.4 Å². The molecular weight excluding hydrogens is 410 g/mol. The number of para-hydroxylation sites is 1. The summed E-state index contributed by atoms with van der Waals surface area (Å²) in [5, 5.41) is 4.48. The van der Waals surface area contributed by atoms with Gasteiger partial charge >= 0.3 is 0 Å². The Bertz CT molecular complexity index is 903. The maximum Gasteiger partial charge on any atom is 0.173 e. The zero-order chi connectivity index (χ0) is 22.3. The van der Waals surface area contributed by atoms with Crippen LogP contribution in [0.25, 0.3) is 0 Å². The van der Waals surface area contributed by atoms with Crippen molar-refractivity contribution in [3.05, 3.63) is 59.2 Å². The molecule has 1 saturated carbocycles. The molecule has 1 aliphatic carbocycles. The predicted octanol–water partition coefficient (Wildman–Crippen LogP) is 6.94. The van der Waals surface area contributed by atoms with Gasteiger partial charge < -0.3 is 15.1 Å². The monoisotopic (exact) mass is 449 g/mol. The molecule has 0 saturated heterocycles. The summed E-state index contributed by atoms with van der Waals surface area (Å²) in [6.07, 6.45) is 11.1. The Labute approximate surface area is 200 Å². The number of hydrogen-bond donors (Lipinski definition) is 1. The molecule has 172 valence electrons. The van der Waals surface area contributed by atoms with Crippen molar-refractivity contribution in [1.29, 1.82) is 0 Å². The third kappa shape index (κ3) is 5.46. The highest BCUT2D eigenvalue weighted by Gasteiger charge is 2.26. The van der Waals surface area contributed by atoms with E-state index in [2.05, 4.69) is 71.4 Å². The molecule has 32 heavy (non-hydrogen) atoms. The first-order chi connectivity index (χ1) is 15.7. The van der Waals surface area contributed by atoms with Crippen LogP contribution >= 0.6 is 12.2 Å². The fraction of sp³-hybridized carbons (Fsp3) is 0.536. The first-order valence-electron chi connectivity index (χ1n) is 12.7. The van der Waals surface area contributed by atoms with Gasteiger partial charge in [-0.1, -0.05) is 63.4 Å². The largest absolute Gasteiger partial charge is 0.371 e. The molecule has 0 radical (unpaired) electrons. The van der Waals surface area contributed by atoms with Crippen LogP contribution in [0.5, 0.6) is 0 Å². The van der Waals surface area contributed by atoms with Crippen molar-refractivity contribution in [1.82, 2.24) is 4.90 Å². The van der Waals surface area contributed by atoms with Gasteiger partial charge in [0.1, 0.15) is 0 Å². The summed E-state index contributed by atoms with van der Waals surface area (Å²) in [7, 11) is 0. The van der Waals surface area contributed by atoms with Crippen molar-refractivity contribution < 1.29 is 0 Å². The fourth-order valence-corrected chi connectivity index (χ4v) is 5.65. The fourth-order valence-electron chi connectivity index (χ4n) is 5.32. The second-order valence-corrected chi connectivity index (χ2v) is 9.80. The lowest BCUT2D eigenvalue weighted by Crippen LogP contribution is -2.41. The molecule has 2 aromatic carbocycles. The van der Waals surface area contributed by atoms with Gasteiger partial charge in [-0.15, -0.1) is 0 Å². The van der Waals surface area contributed by atoms with Crippen molar-refractivity contribution in [3.8, 4) is 0 Å². The third-order valence-electron chi connectivity index (χ3n) is 7.16. The average molecular weight is 450 g/mol. The first-order valence-corrected chi connectivity index (χ1v) is 13.1. The van der Waals surface area contributed by atoms with Gasteiger partial charge in [0.15, 0.2) is 5.11 Å². The minimum atomic E-state index is 0.542. The summed E-state index contributed by atoms with van der Waals surface area (Å²) in [6.45, 7) is 7.76. The SMILES string of the molecule is CCCCN1CCCc2cc(CN(C(=S)Nc3ccccc3CC)C3CCCC3)ccc21. The molecule has 0 bridgehead atoms. The van der Waals surface area contributed by atoms with Crippen molar-refractivity contribution in [2.75, 3.05) is 23.3 Å². The molecule has 1 N–H and O–H groups in total. The summed E-state index contributed by atoms with van der Waals surface area (Å²) in [6, 6.07) is 16.3. The highest BCUT2D eigenvalue weighted by Crippen LogP contribution is 2.31. The van der Waals surface area contributed by atoms with Gasteiger partial charge in [-0.2, -0.15) is 0 Å². The van der Waals surface area contributed by atoms with Crippen LogP contribution in [0.2, 0.25) is 0 Å². The van der Waals surface area contributed by atoms with Crippen molar-refractivity contribution >= 4 is 28.7 Å². The molecule has 0 spiro atoms. The lowest BCUT2D eigenvalue weighted by atomic mass is 9.98. The highest BCUT2D eigenvalue weighted by atomic mass is 32.1. The summed E-state index contributed by atoms with van der Waals surface area (Å²) >= 11 is 5.99. The van der Waals surface area contributed by atoms with Gasteiger partial charge in [0.25, 0.3) is 0 Å². The van der Waals surface area contributed by atoms with Gasteiger partial charge in [-0.25, -0.2) is 0 Å². The van der Waals surface area contributed by atoms with Crippen LogP contribution in [0.3, 0.4) is 0 Å². The second-order valence-electron chi connectivity index (χ2n) is 9.41. The molecule has 1 fully saturated rings.